The van der Waals surface area contributed by atoms with Crippen molar-refractivity contribution in [2.75, 3.05) is 56.7 Å². The number of hydrogen-bond acceptors (Lipinski definition) is 9. The molecule has 1 N–H and O–H groups in total. The maximum atomic E-state index is 5.63. The lowest BCUT2D eigenvalue weighted by atomic mass is 10.0. The molecule has 0 bridgehead atoms. The molecule has 0 saturated carbocycles. The van der Waals surface area contributed by atoms with E-state index in [1.165, 1.54) is 0 Å². The molecular formula is C33H36IN7O2. The highest BCUT2D eigenvalue weighted by atomic mass is 127. The van der Waals surface area contributed by atoms with Crippen molar-refractivity contribution in [2.45, 2.75) is 24.3 Å². The Bertz CT molecular complexity index is 1710. The van der Waals surface area contributed by atoms with Gasteiger partial charge >= 0.3 is 0 Å². The number of nitrogens with zero attached hydrogens (tertiary/aromatic N) is 6. The van der Waals surface area contributed by atoms with Gasteiger partial charge < -0.3 is 19.4 Å². The van der Waals surface area contributed by atoms with Crippen molar-refractivity contribution >= 4 is 45.3 Å². The van der Waals surface area contributed by atoms with Crippen LogP contribution < -0.4 is 10.2 Å². The van der Waals surface area contributed by atoms with Crippen LogP contribution in [0.1, 0.15) is 23.9 Å². The van der Waals surface area contributed by atoms with Gasteiger partial charge in [0.1, 0.15) is 20.8 Å². The molecule has 1 atom stereocenters. The minimum Gasteiger partial charge on any atom is -0.464 e. The zero-order chi connectivity index (χ0) is 30.0. The molecular weight excluding hydrogens is 653 g/mol. The molecule has 9 nitrogen and oxygen atoms in total. The van der Waals surface area contributed by atoms with Gasteiger partial charge in [0.05, 0.1) is 18.6 Å². The summed E-state index contributed by atoms with van der Waals surface area (Å²) in [6.45, 7) is 11.7. The number of aryl methyl sites for hydroxylation is 2. The van der Waals surface area contributed by atoms with E-state index < -0.39 is 3.55 Å². The van der Waals surface area contributed by atoms with Crippen LogP contribution in [0.25, 0.3) is 33.4 Å². The Hall–Kier alpha value is -3.61. The van der Waals surface area contributed by atoms with Crippen molar-refractivity contribution in [3.63, 3.8) is 0 Å². The summed E-state index contributed by atoms with van der Waals surface area (Å²) in [5, 5.41) is 4.74. The fraction of sp³-hybridized carbons (Fsp3) is 0.333. The molecule has 1 aliphatic rings. The minimum atomic E-state index is -0.430. The van der Waals surface area contributed by atoms with E-state index in [2.05, 4.69) is 81.9 Å². The second-order valence-electron chi connectivity index (χ2n) is 11.1. The van der Waals surface area contributed by atoms with Crippen LogP contribution >= 0.6 is 22.6 Å². The first-order valence-corrected chi connectivity index (χ1v) is 15.6. The third kappa shape index (κ3) is 6.66. The topological polar surface area (TPSA) is 92.4 Å². The number of anilines is 2. The first-order chi connectivity index (χ1) is 20.8. The molecule has 2 aromatic carbocycles. The molecule has 1 unspecified atom stereocenters. The van der Waals surface area contributed by atoms with E-state index >= 15 is 0 Å². The Balaban J connectivity index is 1.17. The van der Waals surface area contributed by atoms with Crippen LogP contribution in [0, 0.1) is 13.8 Å². The summed E-state index contributed by atoms with van der Waals surface area (Å²) in [6.07, 6.45) is 5.64. The van der Waals surface area contributed by atoms with Crippen molar-refractivity contribution in [3.8, 4) is 22.4 Å². The number of methoxy groups -OCH3 is 1. The highest BCUT2D eigenvalue weighted by Gasteiger charge is 2.25. The third-order valence-electron chi connectivity index (χ3n) is 7.91. The lowest BCUT2D eigenvalue weighted by Gasteiger charge is -2.34. The molecule has 3 aromatic heterocycles. The Morgan fingerprint density at radius 3 is 2.51 bits per heavy atom. The van der Waals surface area contributed by atoms with Crippen LogP contribution in [0.15, 0.2) is 71.6 Å². The van der Waals surface area contributed by atoms with Crippen LogP contribution in [0.3, 0.4) is 0 Å². The molecule has 4 heterocycles. The monoisotopic (exact) mass is 689 g/mol. The Labute approximate surface area is 265 Å². The van der Waals surface area contributed by atoms with Crippen LogP contribution in [0.4, 0.5) is 11.8 Å². The van der Waals surface area contributed by atoms with Crippen molar-refractivity contribution in [1.29, 1.82) is 0 Å². The molecule has 5 aromatic rings. The van der Waals surface area contributed by atoms with Crippen molar-refractivity contribution in [2.24, 2.45) is 0 Å². The molecule has 0 amide bonds. The van der Waals surface area contributed by atoms with E-state index in [9.17, 15) is 0 Å². The smallest absolute Gasteiger partial charge is 0.225 e. The number of benzene rings is 2. The lowest BCUT2D eigenvalue weighted by molar-refractivity contribution is 0.143. The Kier molecular flexibility index (Phi) is 8.60. The maximum absolute atomic E-state index is 5.63. The standard InChI is InChI=1S/C33H36IN7O2/c1-22-21-43-30-9-8-25(17-28(22)30)29-18-31(38-23(2)37-29)39-33(3,34)27-7-5-6-24(16-27)26-19-35-32(36-20-26)41-12-10-40(11-13-41)14-15-42-4/h5-9,16-21H,10-15H2,1-4H3,(H,37,38,39). The van der Waals surface area contributed by atoms with Crippen LogP contribution in [0.2, 0.25) is 0 Å². The van der Waals surface area contributed by atoms with Crippen LogP contribution in [-0.4, -0.2) is 71.3 Å². The van der Waals surface area contributed by atoms with Gasteiger partial charge in [-0.1, -0.05) is 18.2 Å². The van der Waals surface area contributed by atoms with Gasteiger partial charge in [-0.05, 0) is 84.3 Å². The van der Waals surface area contributed by atoms with Gasteiger partial charge in [-0.25, -0.2) is 19.9 Å². The number of alkyl halides is 1. The first-order valence-electron chi connectivity index (χ1n) is 14.5. The second kappa shape index (κ2) is 12.6. The summed E-state index contributed by atoms with van der Waals surface area (Å²) < 4.78 is 10.4. The number of furan rings is 1. The normalized spacial score (nSPS) is 15.5. The summed E-state index contributed by atoms with van der Waals surface area (Å²) >= 11 is 2.44. The average Bonchev–Trinajstić information content (AvgIpc) is 3.39. The van der Waals surface area contributed by atoms with E-state index in [1.807, 2.05) is 37.5 Å². The molecule has 0 spiro atoms. The van der Waals surface area contributed by atoms with E-state index in [0.29, 0.717) is 5.82 Å². The molecule has 1 fully saturated rings. The van der Waals surface area contributed by atoms with Gasteiger partial charge in [-0.15, -0.1) is 0 Å². The number of fused-ring (bicyclic) bond motifs is 1. The quantitative estimate of drug-likeness (QED) is 0.107. The molecule has 222 valence electrons. The van der Waals surface area contributed by atoms with Gasteiger partial charge in [0.25, 0.3) is 0 Å². The molecule has 1 aliphatic heterocycles. The predicted molar refractivity (Wildman–Crippen MR) is 180 cm³/mol. The fourth-order valence-corrected chi connectivity index (χ4v) is 6.04. The number of ether oxygens (including phenoxy) is 1. The van der Waals surface area contributed by atoms with E-state index in [-0.39, 0.29) is 0 Å². The number of nitrogens with one attached hydrogen (secondary N) is 1. The zero-order valence-electron chi connectivity index (χ0n) is 25.0. The average molecular weight is 690 g/mol. The summed E-state index contributed by atoms with van der Waals surface area (Å²) in [5.41, 5.74) is 7.06. The molecule has 43 heavy (non-hydrogen) atoms. The van der Waals surface area contributed by atoms with Gasteiger partial charge in [0.15, 0.2) is 0 Å². The fourth-order valence-electron chi connectivity index (χ4n) is 5.42. The Morgan fingerprint density at radius 1 is 0.953 bits per heavy atom. The first kappa shape index (κ1) is 29.5. The van der Waals surface area contributed by atoms with E-state index in [1.54, 1.807) is 13.4 Å². The number of halogens is 1. The molecule has 1 saturated heterocycles. The lowest BCUT2D eigenvalue weighted by Crippen LogP contribution is -2.47. The van der Waals surface area contributed by atoms with Crippen LogP contribution in [-0.2, 0) is 8.28 Å². The summed E-state index contributed by atoms with van der Waals surface area (Å²) in [4.78, 5) is 23.6. The number of aromatic nitrogens is 4. The SMILES string of the molecule is COCCN1CCN(c2ncc(-c3cccc(C(C)(I)Nc4cc(-c5ccc6occ(C)c6c5)nc(C)n4)c3)cn2)CC1. The van der Waals surface area contributed by atoms with Crippen molar-refractivity contribution in [1.82, 2.24) is 24.8 Å². The van der Waals surface area contributed by atoms with Gasteiger partial charge in [-0.2, -0.15) is 0 Å². The summed E-state index contributed by atoms with van der Waals surface area (Å²) in [5.74, 6) is 2.26. The molecule has 0 radical (unpaired) electrons. The number of hydrogen-bond donors (Lipinski definition) is 1. The summed E-state index contributed by atoms with van der Waals surface area (Å²) in [6, 6.07) is 16.7. The minimum absolute atomic E-state index is 0.430. The Morgan fingerprint density at radius 2 is 1.74 bits per heavy atom. The highest BCUT2D eigenvalue weighted by Crippen LogP contribution is 2.36. The highest BCUT2D eigenvalue weighted by molar-refractivity contribution is 14.1. The molecule has 0 aliphatic carbocycles. The second-order valence-corrected chi connectivity index (χ2v) is 13.3. The number of piperazine rings is 1. The van der Waals surface area contributed by atoms with Crippen molar-refractivity contribution in [3.05, 3.63) is 84.1 Å². The number of rotatable bonds is 9. The van der Waals surface area contributed by atoms with Gasteiger partial charge in [-0.3, -0.25) is 4.90 Å². The molecule has 10 heteroatoms. The summed E-state index contributed by atoms with van der Waals surface area (Å²) in [7, 11) is 1.75. The largest absolute Gasteiger partial charge is 0.464 e. The van der Waals surface area contributed by atoms with Gasteiger partial charge in [0, 0.05) is 74.8 Å². The van der Waals surface area contributed by atoms with Gasteiger partial charge in [0.2, 0.25) is 5.95 Å². The van der Waals surface area contributed by atoms with Crippen LogP contribution in [0.5, 0.6) is 0 Å². The van der Waals surface area contributed by atoms with Crippen molar-refractivity contribution < 1.29 is 9.15 Å². The molecule has 6 rings (SSSR count). The zero-order valence-corrected chi connectivity index (χ0v) is 27.1. The van der Waals surface area contributed by atoms with E-state index in [4.69, 9.17) is 29.1 Å². The maximum Gasteiger partial charge on any atom is 0.225 e. The predicted octanol–water partition coefficient (Wildman–Crippen LogP) is 6.45. The third-order valence-corrected chi connectivity index (χ3v) is 8.80. The van der Waals surface area contributed by atoms with E-state index in [0.717, 1.165) is 95.6 Å².